The van der Waals surface area contributed by atoms with Crippen LogP contribution in [-0.2, 0) is 11.3 Å². The van der Waals surface area contributed by atoms with E-state index in [4.69, 9.17) is 9.26 Å². The molecule has 0 radical (unpaired) electrons. The molecule has 4 rings (SSSR count). The second kappa shape index (κ2) is 8.98. The molecular weight excluding hydrogens is 433 g/mol. The molecule has 1 aromatic rings. The highest BCUT2D eigenvalue weighted by Gasteiger charge is 2.28. The highest BCUT2D eigenvalue weighted by molar-refractivity contribution is 14.0. The number of aromatic nitrogens is 2. The third kappa shape index (κ3) is 5.40. The first-order chi connectivity index (χ1) is 11.9. The van der Waals surface area contributed by atoms with Gasteiger partial charge in [0.25, 0.3) is 0 Å². The lowest BCUT2D eigenvalue weighted by atomic mass is 10.1. The minimum atomic E-state index is 0. The third-order valence-corrected chi connectivity index (χ3v) is 4.73. The van der Waals surface area contributed by atoms with E-state index in [0.717, 1.165) is 50.8 Å². The van der Waals surface area contributed by atoms with E-state index in [0.29, 0.717) is 30.3 Å². The second-order valence-electron chi connectivity index (χ2n) is 6.88. The molecule has 0 spiro atoms. The molecule has 1 atom stereocenters. The number of hydrogen-bond donors (Lipinski definition) is 2. The van der Waals surface area contributed by atoms with Crippen LogP contribution in [0, 0.1) is 5.92 Å². The fourth-order valence-electron chi connectivity index (χ4n) is 3.05. The maximum atomic E-state index is 5.44. The van der Waals surface area contributed by atoms with Crippen molar-refractivity contribution < 1.29 is 9.26 Å². The Bertz CT molecular complexity index is 600. The van der Waals surface area contributed by atoms with Gasteiger partial charge in [0.05, 0.1) is 6.61 Å². The first-order valence-electron chi connectivity index (χ1n) is 8.97. The van der Waals surface area contributed by atoms with Gasteiger partial charge in [0.2, 0.25) is 5.89 Å². The normalized spacial score (nSPS) is 23.7. The van der Waals surface area contributed by atoms with Crippen molar-refractivity contribution in [3.8, 4) is 0 Å². The number of rotatable bonds is 6. The first kappa shape index (κ1) is 18.6. The Hall–Kier alpha value is -1.16. The van der Waals surface area contributed by atoms with Gasteiger partial charge in [0.15, 0.2) is 11.8 Å². The van der Waals surface area contributed by atoms with Crippen LogP contribution in [0.25, 0.3) is 0 Å². The highest BCUT2D eigenvalue weighted by atomic mass is 127. The lowest BCUT2D eigenvalue weighted by Gasteiger charge is -2.18. The van der Waals surface area contributed by atoms with Crippen molar-refractivity contribution >= 4 is 29.9 Å². The zero-order chi connectivity index (χ0) is 16.2. The van der Waals surface area contributed by atoms with Crippen LogP contribution in [0.1, 0.15) is 49.7 Å². The largest absolute Gasteiger partial charge is 0.381 e. The van der Waals surface area contributed by atoms with Crippen molar-refractivity contribution in [2.45, 2.75) is 50.6 Å². The zero-order valence-electron chi connectivity index (χ0n) is 14.3. The van der Waals surface area contributed by atoms with E-state index in [-0.39, 0.29) is 24.0 Å². The van der Waals surface area contributed by atoms with Crippen LogP contribution in [0.2, 0.25) is 0 Å². The lowest BCUT2D eigenvalue weighted by Crippen LogP contribution is -2.44. The molecule has 1 saturated heterocycles. The topological polar surface area (TPSA) is 84.6 Å². The van der Waals surface area contributed by atoms with Gasteiger partial charge in [-0.2, -0.15) is 4.98 Å². The second-order valence-corrected chi connectivity index (χ2v) is 6.88. The van der Waals surface area contributed by atoms with Crippen molar-refractivity contribution in [3.05, 3.63) is 23.9 Å². The van der Waals surface area contributed by atoms with Crippen molar-refractivity contribution in [2.24, 2.45) is 10.9 Å². The Morgan fingerprint density at radius 1 is 1.24 bits per heavy atom. The maximum Gasteiger partial charge on any atom is 0.248 e. The van der Waals surface area contributed by atoms with E-state index in [9.17, 15) is 0 Å². The van der Waals surface area contributed by atoms with Crippen LogP contribution in [0.4, 0.5) is 0 Å². The average Bonchev–Trinajstić information content (AvgIpc) is 3.04. The van der Waals surface area contributed by atoms with E-state index in [1.807, 2.05) is 0 Å². The number of nitrogens with zero attached hydrogens (tertiary/aromatic N) is 3. The van der Waals surface area contributed by atoms with Gasteiger partial charge in [-0.05, 0) is 32.1 Å². The van der Waals surface area contributed by atoms with Crippen LogP contribution >= 0.6 is 24.0 Å². The molecule has 2 aliphatic carbocycles. The summed E-state index contributed by atoms with van der Waals surface area (Å²) in [5.74, 6) is 3.32. The molecule has 1 saturated carbocycles. The third-order valence-electron chi connectivity index (χ3n) is 4.73. The van der Waals surface area contributed by atoms with E-state index in [2.05, 4.69) is 37.9 Å². The molecule has 1 aliphatic heterocycles. The Labute approximate surface area is 165 Å². The molecule has 1 aromatic heterocycles. The average molecular weight is 459 g/mol. The van der Waals surface area contributed by atoms with Crippen molar-refractivity contribution in [1.29, 1.82) is 0 Å². The summed E-state index contributed by atoms with van der Waals surface area (Å²) in [6, 6.07) is 0.417. The Kier molecular flexibility index (Phi) is 6.69. The molecule has 25 heavy (non-hydrogen) atoms. The van der Waals surface area contributed by atoms with E-state index >= 15 is 0 Å². The van der Waals surface area contributed by atoms with Gasteiger partial charge in [-0.1, -0.05) is 17.3 Å². The fourth-order valence-corrected chi connectivity index (χ4v) is 3.05. The van der Waals surface area contributed by atoms with Crippen LogP contribution < -0.4 is 10.6 Å². The lowest BCUT2D eigenvalue weighted by molar-refractivity contribution is 0.186. The van der Waals surface area contributed by atoms with Gasteiger partial charge in [0, 0.05) is 31.0 Å². The summed E-state index contributed by atoms with van der Waals surface area (Å²) < 4.78 is 10.7. The number of halogens is 1. The summed E-state index contributed by atoms with van der Waals surface area (Å²) in [6.45, 7) is 2.99. The molecular formula is C17H26IN5O2. The van der Waals surface area contributed by atoms with Crippen LogP contribution in [0.5, 0.6) is 0 Å². The van der Waals surface area contributed by atoms with Crippen molar-refractivity contribution in [1.82, 2.24) is 20.8 Å². The number of guanidine groups is 1. The van der Waals surface area contributed by atoms with Crippen LogP contribution in [0.15, 0.2) is 21.7 Å². The van der Waals surface area contributed by atoms with E-state index < -0.39 is 0 Å². The van der Waals surface area contributed by atoms with E-state index in [1.165, 1.54) is 12.8 Å². The molecule has 2 heterocycles. The number of nitrogens with one attached hydrogen (secondary N) is 2. The molecule has 2 N–H and O–H groups in total. The fraction of sp³-hybridized carbons (Fsp3) is 0.706. The minimum absolute atomic E-state index is 0. The predicted octanol–water partition coefficient (Wildman–Crippen LogP) is 2.36. The highest BCUT2D eigenvalue weighted by Crippen LogP contribution is 2.38. The monoisotopic (exact) mass is 459 g/mol. The number of hydrogen-bond acceptors (Lipinski definition) is 5. The molecule has 3 aliphatic rings. The van der Waals surface area contributed by atoms with Gasteiger partial charge in [-0.3, -0.25) is 0 Å². The summed E-state index contributed by atoms with van der Waals surface area (Å²) in [4.78, 5) is 9.08. The minimum Gasteiger partial charge on any atom is -0.381 e. The SMILES string of the molecule is C1=CCC(NC(=NCc2nc(C3CC3)no2)NCC2CCOC2)C1.I. The Morgan fingerprint density at radius 3 is 2.80 bits per heavy atom. The van der Waals surface area contributed by atoms with Crippen LogP contribution in [-0.4, -0.2) is 41.9 Å². The summed E-state index contributed by atoms with van der Waals surface area (Å²) in [6.07, 6.45) is 9.96. The molecule has 0 amide bonds. The first-order valence-corrected chi connectivity index (χ1v) is 8.97. The van der Waals surface area contributed by atoms with Crippen molar-refractivity contribution in [2.75, 3.05) is 19.8 Å². The molecule has 0 aromatic carbocycles. The van der Waals surface area contributed by atoms with Gasteiger partial charge in [0.1, 0.15) is 6.54 Å². The maximum absolute atomic E-state index is 5.44. The van der Waals surface area contributed by atoms with Crippen LogP contribution in [0.3, 0.4) is 0 Å². The summed E-state index contributed by atoms with van der Waals surface area (Å²) in [5.41, 5.74) is 0. The van der Waals surface area contributed by atoms with Gasteiger partial charge in [-0.15, -0.1) is 24.0 Å². The molecule has 138 valence electrons. The molecule has 0 bridgehead atoms. The van der Waals surface area contributed by atoms with Gasteiger partial charge in [-0.25, -0.2) is 4.99 Å². The molecule has 2 fully saturated rings. The summed E-state index contributed by atoms with van der Waals surface area (Å²) in [5, 5.41) is 11.0. The van der Waals surface area contributed by atoms with E-state index in [1.54, 1.807) is 0 Å². The van der Waals surface area contributed by atoms with Gasteiger partial charge < -0.3 is 19.9 Å². The molecule has 8 heteroatoms. The predicted molar refractivity (Wildman–Crippen MR) is 105 cm³/mol. The smallest absolute Gasteiger partial charge is 0.248 e. The van der Waals surface area contributed by atoms with Gasteiger partial charge >= 0.3 is 0 Å². The quantitative estimate of drug-likeness (QED) is 0.294. The standard InChI is InChI=1S/C17H25N5O2.HI/c1-2-4-14(3-1)20-17(18-9-12-7-8-23-11-12)19-10-15-21-16(22-24-15)13-5-6-13;/h1-2,12-14H,3-11H2,(H2,18,19,20);1H. The zero-order valence-corrected chi connectivity index (χ0v) is 16.6. The molecule has 1 unspecified atom stereocenters. The Balaban J connectivity index is 0.00000182. The summed E-state index contributed by atoms with van der Waals surface area (Å²) >= 11 is 0. The van der Waals surface area contributed by atoms with Crippen molar-refractivity contribution in [3.63, 3.8) is 0 Å². The number of aliphatic imine (C=N–C) groups is 1. The number of ether oxygens (including phenoxy) is 1. The Morgan fingerprint density at radius 2 is 2.08 bits per heavy atom. The summed E-state index contributed by atoms with van der Waals surface area (Å²) in [7, 11) is 0. The molecule has 7 nitrogen and oxygen atoms in total.